The lowest BCUT2D eigenvalue weighted by Crippen LogP contribution is -2.30. The third-order valence-corrected chi connectivity index (χ3v) is 22.6. The Bertz CT molecular complexity index is 2050. The fourth-order valence-electron chi connectivity index (χ4n) is 13.8. The highest BCUT2D eigenvalue weighted by atomic mass is 31.2. The SMILES string of the molecule is CCCCCCCCCCCCCCCCCCCCCCCCC(=O)O[C@H](COC(=O)CCCCCCCCCCCCCCCCCC(C)C)COP(=O)(O)OC[C@@H](O)COP(=O)(O)OC[C@@H](COC(=O)CCCCCCCCCC(C)C)OC(=O)CCCCCCCCCCCCCCCCCCC. The van der Waals surface area contributed by atoms with Gasteiger partial charge in [0.1, 0.15) is 19.3 Å². The van der Waals surface area contributed by atoms with E-state index < -0.39 is 97.5 Å². The predicted octanol–water partition coefficient (Wildman–Crippen LogP) is 27.0. The Morgan fingerprint density at radius 1 is 0.252 bits per heavy atom. The first-order valence-electron chi connectivity index (χ1n) is 45.5. The standard InChI is InChI=1S/C88H172O17P2/c1-7-9-11-13-15-17-19-21-23-25-26-27-28-29-31-35-40-44-48-54-61-67-72-87(92)104-83(76-98-85(90)70-64-58-52-46-42-38-36-32-33-37-41-45-50-56-62-68-80(3)4)78-102-106(94,95)100-74-82(89)75-101-107(96,97)103-79-84(77-99-86(91)71-65-59-55-49-51-57-63-69-81(5)6)105-88(93)73-66-60-53-47-43-39-34-30-24-22-20-18-16-14-12-10-8-2/h80-84,89H,7-79H2,1-6H3,(H,94,95)(H,96,97)/t82-,83-,84-/m1/s1. The van der Waals surface area contributed by atoms with Crippen molar-refractivity contribution in [1.29, 1.82) is 0 Å². The molecule has 0 saturated heterocycles. The highest BCUT2D eigenvalue weighted by molar-refractivity contribution is 7.47. The van der Waals surface area contributed by atoms with Crippen molar-refractivity contribution in [2.45, 2.75) is 490 Å². The molecule has 0 spiro atoms. The third-order valence-electron chi connectivity index (χ3n) is 20.7. The molecule has 0 radical (unpaired) electrons. The third kappa shape index (κ3) is 81.9. The Hall–Kier alpha value is -1.94. The lowest BCUT2D eigenvalue weighted by atomic mass is 10.0. The second-order valence-corrected chi connectivity index (χ2v) is 35.5. The Kier molecular flexibility index (Phi) is 77.9. The van der Waals surface area contributed by atoms with Gasteiger partial charge in [0, 0.05) is 25.7 Å². The molecule has 0 saturated carbocycles. The van der Waals surface area contributed by atoms with Crippen LogP contribution in [0.3, 0.4) is 0 Å². The van der Waals surface area contributed by atoms with Gasteiger partial charge < -0.3 is 33.8 Å². The van der Waals surface area contributed by atoms with Gasteiger partial charge in [-0.25, -0.2) is 9.13 Å². The lowest BCUT2D eigenvalue weighted by molar-refractivity contribution is -0.161. The van der Waals surface area contributed by atoms with E-state index in [2.05, 4.69) is 41.5 Å². The normalized spacial score (nSPS) is 13.8. The van der Waals surface area contributed by atoms with Crippen LogP contribution in [-0.2, 0) is 65.4 Å². The topological polar surface area (TPSA) is 237 Å². The number of unbranched alkanes of at least 4 members (excludes halogenated alkanes) is 57. The maximum atomic E-state index is 13.2. The zero-order chi connectivity index (χ0) is 78.5. The summed E-state index contributed by atoms with van der Waals surface area (Å²) in [5.74, 6) is -0.590. The zero-order valence-electron chi connectivity index (χ0n) is 70.5. The van der Waals surface area contributed by atoms with Gasteiger partial charge >= 0.3 is 39.5 Å². The lowest BCUT2D eigenvalue weighted by Gasteiger charge is -2.21. The molecule has 0 aromatic heterocycles. The van der Waals surface area contributed by atoms with E-state index in [0.29, 0.717) is 31.6 Å². The number of rotatable bonds is 87. The highest BCUT2D eigenvalue weighted by Gasteiger charge is 2.30. The number of carbonyl (C=O) groups is 4. The number of hydrogen-bond acceptors (Lipinski definition) is 15. The Balaban J connectivity index is 5.22. The van der Waals surface area contributed by atoms with Crippen LogP contribution in [0.2, 0.25) is 0 Å². The molecule has 3 N–H and O–H groups in total. The molecule has 2 unspecified atom stereocenters. The molecule has 17 nitrogen and oxygen atoms in total. The molecule has 0 aliphatic rings. The van der Waals surface area contributed by atoms with Gasteiger partial charge in [-0.1, -0.05) is 420 Å². The fourth-order valence-corrected chi connectivity index (χ4v) is 15.4. The maximum absolute atomic E-state index is 13.2. The van der Waals surface area contributed by atoms with Crippen LogP contribution in [-0.4, -0.2) is 96.7 Å². The van der Waals surface area contributed by atoms with E-state index in [-0.39, 0.29) is 25.7 Å². The molecular weight excluding hydrogens is 1390 g/mol. The minimum Gasteiger partial charge on any atom is -0.462 e. The van der Waals surface area contributed by atoms with Crippen LogP contribution in [0, 0.1) is 11.8 Å². The summed E-state index contributed by atoms with van der Waals surface area (Å²) in [7, 11) is -9.93. The van der Waals surface area contributed by atoms with E-state index in [4.69, 9.17) is 37.0 Å². The smallest absolute Gasteiger partial charge is 0.462 e. The van der Waals surface area contributed by atoms with Gasteiger partial charge in [0.2, 0.25) is 0 Å². The summed E-state index contributed by atoms with van der Waals surface area (Å²) >= 11 is 0. The van der Waals surface area contributed by atoms with Gasteiger partial charge in [0.25, 0.3) is 0 Å². The van der Waals surface area contributed by atoms with Crippen molar-refractivity contribution in [3.63, 3.8) is 0 Å². The predicted molar refractivity (Wildman–Crippen MR) is 442 cm³/mol. The van der Waals surface area contributed by atoms with Crippen LogP contribution in [0.15, 0.2) is 0 Å². The molecule has 5 atom stereocenters. The molecule has 0 heterocycles. The summed E-state index contributed by atoms with van der Waals surface area (Å²) in [6.45, 7) is 9.65. The molecule has 636 valence electrons. The largest absolute Gasteiger partial charge is 0.472 e. The summed E-state index contributed by atoms with van der Waals surface area (Å²) in [6.07, 6.45) is 72.4. The number of esters is 4. The average molecular weight is 1560 g/mol. The van der Waals surface area contributed by atoms with Gasteiger partial charge in [0.05, 0.1) is 26.4 Å². The van der Waals surface area contributed by atoms with Crippen LogP contribution in [0.1, 0.15) is 472 Å². The molecule has 107 heavy (non-hydrogen) atoms. The van der Waals surface area contributed by atoms with E-state index >= 15 is 0 Å². The Morgan fingerprint density at radius 2 is 0.430 bits per heavy atom. The molecule has 0 amide bonds. The maximum Gasteiger partial charge on any atom is 0.472 e. The number of phosphoric acid groups is 2. The molecule has 0 aliphatic heterocycles. The molecule has 0 fully saturated rings. The molecule has 0 rings (SSSR count). The van der Waals surface area contributed by atoms with Crippen LogP contribution < -0.4 is 0 Å². The van der Waals surface area contributed by atoms with Crippen molar-refractivity contribution in [3.8, 4) is 0 Å². The second-order valence-electron chi connectivity index (χ2n) is 32.6. The van der Waals surface area contributed by atoms with Crippen LogP contribution in [0.4, 0.5) is 0 Å². The number of aliphatic hydroxyl groups excluding tert-OH is 1. The summed E-state index contributed by atoms with van der Waals surface area (Å²) < 4.78 is 68.9. The molecule has 0 aromatic carbocycles. The quantitative estimate of drug-likeness (QED) is 0.0222. The first-order chi connectivity index (χ1) is 51.9. The molecule has 0 aromatic rings. The molecule has 0 bridgehead atoms. The zero-order valence-corrected chi connectivity index (χ0v) is 72.2. The van der Waals surface area contributed by atoms with Crippen molar-refractivity contribution in [2.24, 2.45) is 11.8 Å². The molecule has 19 heteroatoms. The number of ether oxygens (including phenoxy) is 4. The van der Waals surface area contributed by atoms with E-state index in [9.17, 15) is 43.2 Å². The Labute approximate surface area is 658 Å². The second kappa shape index (κ2) is 79.3. The van der Waals surface area contributed by atoms with Crippen molar-refractivity contribution < 1.29 is 80.2 Å². The number of phosphoric ester groups is 2. The molecule has 0 aliphatic carbocycles. The molecular formula is C88H172O17P2. The van der Waals surface area contributed by atoms with Gasteiger partial charge in [-0.2, -0.15) is 0 Å². The fraction of sp³-hybridized carbons (Fsp3) is 0.955. The van der Waals surface area contributed by atoms with Crippen molar-refractivity contribution >= 4 is 39.5 Å². The van der Waals surface area contributed by atoms with Gasteiger partial charge in [-0.15, -0.1) is 0 Å². The van der Waals surface area contributed by atoms with Crippen LogP contribution in [0.25, 0.3) is 0 Å². The first-order valence-corrected chi connectivity index (χ1v) is 48.5. The van der Waals surface area contributed by atoms with Crippen molar-refractivity contribution in [1.82, 2.24) is 0 Å². The summed E-state index contributed by atoms with van der Waals surface area (Å²) in [5.41, 5.74) is 0. The van der Waals surface area contributed by atoms with E-state index in [1.54, 1.807) is 0 Å². The van der Waals surface area contributed by atoms with E-state index in [1.165, 1.54) is 283 Å². The van der Waals surface area contributed by atoms with Crippen LogP contribution >= 0.6 is 15.6 Å². The summed E-state index contributed by atoms with van der Waals surface area (Å²) in [6, 6.07) is 0. The van der Waals surface area contributed by atoms with E-state index in [1.807, 2.05) is 0 Å². The number of aliphatic hydroxyl groups is 1. The van der Waals surface area contributed by atoms with Gasteiger partial charge in [-0.3, -0.25) is 37.3 Å². The highest BCUT2D eigenvalue weighted by Crippen LogP contribution is 2.45. The van der Waals surface area contributed by atoms with Crippen LogP contribution in [0.5, 0.6) is 0 Å². The van der Waals surface area contributed by atoms with Crippen molar-refractivity contribution in [2.75, 3.05) is 39.6 Å². The Morgan fingerprint density at radius 3 is 0.636 bits per heavy atom. The summed E-state index contributed by atoms with van der Waals surface area (Å²) in [4.78, 5) is 73.3. The average Bonchev–Trinajstić information content (AvgIpc) is 0.904. The van der Waals surface area contributed by atoms with Gasteiger partial charge in [-0.05, 0) is 37.5 Å². The summed E-state index contributed by atoms with van der Waals surface area (Å²) in [5, 5.41) is 10.7. The van der Waals surface area contributed by atoms with Crippen molar-refractivity contribution in [3.05, 3.63) is 0 Å². The monoisotopic (exact) mass is 1560 g/mol. The number of carbonyl (C=O) groups excluding carboxylic acids is 4. The minimum atomic E-state index is -4.97. The first kappa shape index (κ1) is 105. The number of hydrogen-bond donors (Lipinski definition) is 3. The van der Waals surface area contributed by atoms with Gasteiger partial charge in [0.15, 0.2) is 12.2 Å². The van der Waals surface area contributed by atoms with E-state index in [0.717, 1.165) is 102 Å². The minimum absolute atomic E-state index is 0.108.